The zero-order chi connectivity index (χ0) is 10.2. The highest BCUT2D eigenvalue weighted by Crippen LogP contribution is 2.50. The number of carbonyl (C=O) groups excluding carboxylic acids is 1. The number of ether oxygens (including phenoxy) is 1. The number of para-hydroxylation sites is 1. The van der Waals surface area contributed by atoms with Gasteiger partial charge in [-0.3, -0.25) is 0 Å². The lowest BCUT2D eigenvalue weighted by molar-refractivity contribution is -0.109. The lowest BCUT2D eigenvalue weighted by Crippen LogP contribution is -2.10. The first-order chi connectivity index (χ1) is 6.73. The molecule has 0 heterocycles. The molecular formula is C12H14O2. The van der Waals surface area contributed by atoms with Crippen molar-refractivity contribution in [2.24, 2.45) is 0 Å². The summed E-state index contributed by atoms with van der Waals surface area (Å²) in [4.78, 5) is 11.0. The van der Waals surface area contributed by atoms with Gasteiger partial charge in [-0.25, -0.2) is 0 Å². The van der Waals surface area contributed by atoms with Crippen LogP contribution < -0.4 is 4.74 Å². The second-order valence-electron chi connectivity index (χ2n) is 3.93. The topological polar surface area (TPSA) is 26.3 Å². The minimum Gasteiger partial charge on any atom is -0.496 e. The maximum absolute atomic E-state index is 11.0. The van der Waals surface area contributed by atoms with Crippen molar-refractivity contribution in [3.63, 3.8) is 0 Å². The van der Waals surface area contributed by atoms with Crippen LogP contribution in [0.2, 0.25) is 0 Å². The molecule has 0 unspecified atom stereocenters. The molecule has 74 valence electrons. The van der Waals surface area contributed by atoms with E-state index in [2.05, 4.69) is 0 Å². The highest BCUT2D eigenvalue weighted by Gasteiger charge is 2.46. The fraction of sp³-hybridized carbons (Fsp3) is 0.417. The molecule has 14 heavy (non-hydrogen) atoms. The maximum atomic E-state index is 11.0. The first-order valence-electron chi connectivity index (χ1n) is 4.84. The van der Waals surface area contributed by atoms with Crippen LogP contribution in [0.25, 0.3) is 0 Å². The molecule has 1 saturated carbocycles. The molecule has 1 fully saturated rings. The lowest BCUT2D eigenvalue weighted by atomic mass is 9.95. The summed E-state index contributed by atoms with van der Waals surface area (Å²) in [5.74, 6) is 0.872. The Labute approximate surface area is 83.9 Å². The SMILES string of the molecule is COc1c(C)cccc1C1(C=O)CC1. The molecule has 2 heteroatoms. The van der Waals surface area contributed by atoms with Crippen molar-refractivity contribution in [1.82, 2.24) is 0 Å². The van der Waals surface area contributed by atoms with E-state index >= 15 is 0 Å². The summed E-state index contributed by atoms with van der Waals surface area (Å²) in [6.45, 7) is 2.00. The van der Waals surface area contributed by atoms with Crippen LogP contribution in [-0.4, -0.2) is 13.4 Å². The van der Waals surface area contributed by atoms with Gasteiger partial charge in [-0.2, -0.15) is 0 Å². The Morgan fingerprint density at radius 1 is 1.43 bits per heavy atom. The van der Waals surface area contributed by atoms with Crippen molar-refractivity contribution in [1.29, 1.82) is 0 Å². The number of carbonyl (C=O) groups is 1. The molecule has 0 atom stereocenters. The predicted octanol–water partition coefficient (Wildman–Crippen LogP) is 2.23. The van der Waals surface area contributed by atoms with Crippen molar-refractivity contribution >= 4 is 6.29 Å². The molecule has 1 aromatic carbocycles. The quantitative estimate of drug-likeness (QED) is 0.683. The zero-order valence-corrected chi connectivity index (χ0v) is 8.54. The second kappa shape index (κ2) is 3.12. The molecular weight excluding hydrogens is 176 g/mol. The minimum absolute atomic E-state index is 0.239. The van der Waals surface area contributed by atoms with Gasteiger partial charge >= 0.3 is 0 Å². The van der Waals surface area contributed by atoms with E-state index < -0.39 is 0 Å². The van der Waals surface area contributed by atoms with Crippen molar-refractivity contribution in [3.05, 3.63) is 29.3 Å². The fourth-order valence-corrected chi connectivity index (χ4v) is 1.90. The molecule has 1 aliphatic carbocycles. The van der Waals surface area contributed by atoms with Gasteiger partial charge in [0.2, 0.25) is 0 Å². The van der Waals surface area contributed by atoms with E-state index in [0.717, 1.165) is 36.0 Å². The molecule has 0 saturated heterocycles. The number of hydrogen-bond acceptors (Lipinski definition) is 2. The van der Waals surface area contributed by atoms with Gasteiger partial charge < -0.3 is 9.53 Å². The van der Waals surface area contributed by atoms with Crippen LogP contribution in [0.1, 0.15) is 24.0 Å². The summed E-state index contributed by atoms with van der Waals surface area (Å²) in [5.41, 5.74) is 1.91. The Hall–Kier alpha value is -1.31. The number of benzene rings is 1. The predicted molar refractivity (Wildman–Crippen MR) is 54.7 cm³/mol. The van der Waals surface area contributed by atoms with Gasteiger partial charge in [0, 0.05) is 5.56 Å². The molecule has 2 nitrogen and oxygen atoms in total. The second-order valence-corrected chi connectivity index (χ2v) is 3.93. The van der Waals surface area contributed by atoms with Gasteiger partial charge in [0.05, 0.1) is 12.5 Å². The zero-order valence-electron chi connectivity index (χ0n) is 8.54. The van der Waals surface area contributed by atoms with Crippen molar-refractivity contribution in [3.8, 4) is 5.75 Å². The van der Waals surface area contributed by atoms with Crippen LogP contribution in [0, 0.1) is 6.92 Å². The first-order valence-corrected chi connectivity index (χ1v) is 4.84. The number of aryl methyl sites for hydroxylation is 1. The Balaban J connectivity index is 2.52. The molecule has 2 rings (SSSR count). The van der Waals surface area contributed by atoms with E-state index in [1.807, 2.05) is 25.1 Å². The average molecular weight is 190 g/mol. The third-order valence-electron chi connectivity index (χ3n) is 2.97. The van der Waals surface area contributed by atoms with E-state index in [1.54, 1.807) is 7.11 Å². The van der Waals surface area contributed by atoms with Gasteiger partial charge in [0.1, 0.15) is 12.0 Å². The Kier molecular flexibility index (Phi) is 2.06. The van der Waals surface area contributed by atoms with Crippen molar-refractivity contribution in [2.45, 2.75) is 25.2 Å². The third-order valence-corrected chi connectivity index (χ3v) is 2.97. The lowest BCUT2D eigenvalue weighted by Gasteiger charge is -2.14. The summed E-state index contributed by atoms with van der Waals surface area (Å²) in [5, 5.41) is 0. The summed E-state index contributed by atoms with van der Waals surface area (Å²) < 4.78 is 5.35. The molecule has 0 bridgehead atoms. The van der Waals surface area contributed by atoms with E-state index in [-0.39, 0.29) is 5.41 Å². The molecule has 0 N–H and O–H groups in total. The van der Waals surface area contributed by atoms with Gasteiger partial charge in [-0.1, -0.05) is 18.2 Å². The molecule has 0 aromatic heterocycles. The normalized spacial score (nSPS) is 17.6. The smallest absolute Gasteiger partial charge is 0.130 e. The Morgan fingerprint density at radius 3 is 2.64 bits per heavy atom. The number of methoxy groups -OCH3 is 1. The Bertz CT molecular complexity index is 365. The highest BCUT2D eigenvalue weighted by atomic mass is 16.5. The number of aldehydes is 1. The number of hydrogen-bond donors (Lipinski definition) is 0. The van der Waals surface area contributed by atoms with Crippen molar-refractivity contribution < 1.29 is 9.53 Å². The maximum Gasteiger partial charge on any atom is 0.130 e. The van der Waals surface area contributed by atoms with Crippen molar-refractivity contribution in [2.75, 3.05) is 7.11 Å². The van der Waals surface area contributed by atoms with Gasteiger partial charge in [-0.05, 0) is 25.3 Å². The molecule has 0 aliphatic heterocycles. The van der Waals surface area contributed by atoms with Crippen LogP contribution in [0.4, 0.5) is 0 Å². The average Bonchev–Trinajstić information content (AvgIpc) is 2.98. The monoisotopic (exact) mass is 190 g/mol. The first kappa shape index (κ1) is 9.25. The van der Waals surface area contributed by atoms with Crippen LogP contribution in [0.3, 0.4) is 0 Å². The fourth-order valence-electron chi connectivity index (χ4n) is 1.90. The molecule has 0 spiro atoms. The van der Waals surface area contributed by atoms with Crippen LogP contribution >= 0.6 is 0 Å². The molecule has 0 amide bonds. The summed E-state index contributed by atoms with van der Waals surface area (Å²) in [6.07, 6.45) is 2.97. The molecule has 1 aromatic rings. The van der Waals surface area contributed by atoms with Gasteiger partial charge in [0.15, 0.2) is 0 Å². The van der Waals surface area contributed by atoms with E-state index in [0.29, 0.717) is 0 Å². The molecule has 0 radical (unpaired) electrons. The highest BCUT2D eigenvalue weighted by molar-refractivity contribution is 5.75. The summed E-state index contributed by atoms with van der Waals surface area (Å²) in [6, 6.07) is 5.98. The standard InChI is InChI=1S/C12H14O2/c1-9-4-3-5-10(11(9)14-2)12(8-13)6-7-12/h3-5,8H,6-7H2,1-2H3. The summed E-state index contributed by atoms with van der Waals surface area (Å²) >= 11 is 0. The minimum atomic E-state index is -0.239. The van der Waals surface area contributed by atoms with Crippen LogP contribution in [0.5, 0.6) is 5.75 Å². The molecule has 1 aliphatic rings. The van der Waals surface area contributed by atoms with Gasteiger partial charge in [0.25, 0.3) is 0 Å². The summed E-state index contributed by atoms with van der Waals surface area (Å²) in [7, 11) is 1.66. The van der Waals surface area contributed by atoms with Crippen LogP contribution in [0.15, 0.2) is 18.2 Å². The Morgan fingerprint density at radius 2 is 2.14 bits per heavy atom. The largest absolute Gasteiger partial charge is 0.496 e. The van der Waals surface area contributed by atoms with E-state index in [1.165, 1.54) is 0 Å². The van der Waals surface area contributed by atoms with Gasteiger partial charge in [-0.15, -0.1) is 0 Å². The third kappa shape index (κ3) is 1.22. The van der Waals surface area contributed by atoms with E-state index in [9.17, 15) is 4.79 Å². The van der Waals surface area contributed by atoms with Crippen LogP contribution in [-0.2, 0) is 10.2 Å². The van der Waals surface area contributed by atoms with E-state index in [4.69, 9.17) is 4.74 Å². The number of rotatable bonds is 3.